The van der Waals surface area contributed by atoms with E-state index < -0.39 is 0 Å². The maximum atomic E-state index is 12.3. The van der Waals surface area contributed by atoms with Crippen LogP contribution in [0.5, 0.6) is 0 Å². The van der Waals surface area contributed by atoms with Crippen molar-refractivity contribution in [3.05, 3.63) is 59.3 Å². The number of amides is 1. The molecule has 5 nitrogen and oxygen atoms in total. The molecule has 98 valence electrons. The molecule has 0 N–H and O–H groups in total. The first-order valence-corrected chi connectivity index (χ1v) is 5.86. The molecule has 0 radical (unpaired) electrons. The number of nitrogens with zero attached hydrogens (tertiary/aromatic N) is 3. The van der Waals surface area contributed by atoms with Crippen molar-refractivity contribution in [2.24, 2.45) is 0 Å². The minimum Gasteiger partial charge on any atom is -0.298 e. The number of hydrogen-bond donors (Lipinski definition) is 0. The van der Waals surface area contributed by atoms with Crippen molar-refractivity contribution >= 4 is 18.0 Å². The van der Waals surface area contributed by atoms with Gasteiger partial charge in [-0.2, -0.15) is 5.26 Å². The summed E-state index contributed by atoms with van der Waals surface area (Å²) in [6.45, 7) is 0. The van der Waals surface area contributed by atoms with E-state index in [1.54, 1.807) is 43.4 Å². The lowest BCUT2D eigenvalue weighted by Crippen LogP contribution is -2.28. The second-order valence-electron chi connectivity index (χ2n) is 4.09. The summed E-state index contributed by atoms with van der Waals surface area (Å²) in [4.78, 5) is 28.7. The Labute approximate surface area is 116 Å². The first-order valence-electron chi connectivity index (χ1n) is 5.86. The highest BCUT2D eigenvalue weighted by atomic mass is 16.2. The molecule has 2 aromatic rings. The first kappa shape index (κ1) is 13.4. The Kier molecular flexibility index (Phi) is 3.87. The molecule has 0 spiro atoms. The van der Waals surface area contributed by atoms with E-state index in [-0.39, 0.29) is 5.91 Å². The number of aldehydes is 1. The van der Waals surface area contributed by atoms with Gasteiger partial charge in [0, 0.05) is 18.8 Å². The van der Waals surface area contributed by atoms with Gasteiger partial charge < -0.3 is 0 Å². The number of benzene rings is 1. The largest absolute Gasteiger partial charge is 0.298 e. The van der Waals surface area contributed by atoms with Gasteiger partial charge in [-0.05, 0) is 18.2 Å². The molecular formula is C15H11N3O2. The lowest BCUT2D eigenvalue weighted by atomic mass is 10.1. The number of carbonyl (C=O) groups is 2. The van der Waals surface area contributed by atoms with E-state index in [1.165, 1.54) is 11.1 Å². The molecular weight excluding hydrogens is 254 g/mol. The molecule has 0 aliphatic heterocycles. The van der Waals surface area contributed by atoms with Gasteiger partial charge >= 0.3 is 0 Å². The van der Waals surface area contributed by atoms with Crippen LogP contribution in [0.3, 0.4) is 0 Å². The highest BCUT2D eigenvalue weighted by molar-refractivity contribution is 6.09. The van der Waals surface area contributed by atoms with Crippen LogP contribution in [-0.2, 0) is 0 Å². The standard InChI is InChI=1S/C15H11N3O2/c1-18(14-7-6-11(8-16)9-17-14)15(20)13-5-3-2-4-12(13)10-19/h2-7,9-10H,1H3. The summed E-state index contributed by atoms with van der Waals surface area (Å²) >= 11 is 0. The summed E-state index contributed by atoms with van der Waals surface area (Å²) in [5.74, 6) is 0.0830. The molecule has 0 saturated heterocycles. The minimum atomic E-state index is -0.329. The van der Waals surface area contributed by atoms with Gasteiger partial charge in [-0.1, -0.05) is 18.2 Å². The van der Waals surface area contributed by atoms with Crippen molar-refractivity contribution in [2.45, 2.75) is 0 Å². The zero-order valence-electron chi connectivity index (χ0n) is 10.8. The van der Waals surface area contributed by atoms with E-state index in [4.69, 9.17) is 5.26 Å². The molecule has 1 aromatic heterocycles. The normalized spacial score (nSPS) is 9.60. The van der Waals surface area contributed by atoms with E-state index in [2.05, 4.69) is 4.98 Å². The molecule has 0 unspecified atom stereocenters. The predicted molar refractivity (Wildman–Crippen MR) is 73.5 cm³/mol. The summed E-state index contributed by atoms with van der Waals surface area (Å²) in [6, 6.07) is 11.7. The van der Waals surface area contributed by atoms with Gasteiger partial charge in [0.15, 0.2) is 6.29 Å². The molecule has 1 heterocycles. The third-order valence-electron chi connectivity index (χ3n) is 2.84. The van der Waals surface area contributed by atoms with E-state index in [0.29, 0.717) is 28.8 Å². The van der Waals surface area contributed by atoms with Crippen LogP contribution in [0.4, 0.5) is 5.82 Å². The monoisotopic (exact) mass is 265 g/mol. The van der Waals surface area contributed by atoms with Crippen molar-refractivity contribution in [3.63, 3.8) is 0 Å². The average molecular weight is 265 g/mol. The second-order valence-corrected chi connectivity index (χ2v) is 4.09. The quantitative estimate of drug-likeness (QED) is 0.796. The first-order chi connectivity index (χ1) is 9.67. The fourth-order valence-corrected chi connectivity index (χ4v) is 1.73. The Morgan fingerprint density at radius 3 is 2.65 bits per heavy atom. The van der Waals surface area contributed by atoms with Crippen LogP contribution in [0.25, 0.3) is 0 Å². The highest BCUT2D eigenvalue weighted by Crippen LogP contribution is 2.15. The summed E-state index contributed by atoms with van der Waals surface area (Å²) in [5, 5.41) is 8.71. The summed E-state index contributed by atoms with van der Waals surface area (Å²) in [6.07, 6.45) is 2.04. The van der Waals surface area contributed by atoms with E-state index in [1.807, 2.05) is 6.07 Å². The minimum absolute atomic E-state index is 0.316. The smallest absolute Gasteiger partial charge is 0.259 e. The van der Waals surface area contributed by atoms with Crippen molar-refractivity contribution in [1.82, 2.24) is 4.98 Å². The van der Waals surface area contributed by atoms with Gasteiger partial charge in [0.05, 0.1) is 11.1 Å². The van der Waals surface area contributed by atoms with Gasteiger partial charge in [0.25, 0.3) is 5.91 Å². The van der Waals surface area contributed by atoms with Crippen molar-refractivity contribution in [3.8, 4) is 6.07 Å². The Hall–Kier alpha value is -3.00. The summed E-state index contributed by atoms with van der Waals surface area (Å²) < 4.78 is 0. The number of rotatable bonds is 3. The molecule has 0 fully saturated rings. The molecule has 0 aliphatic carbocycles. The van der Waals surface area contributed by atoms with Crippen LogP contribution >= 0.6 is 0 Å². The summed E-state index contributed by atoms with van der Waals surface area (Å²) in [5.41, 5.74) is 1.07. The number of carbonyl (C=O) groups excluding carboxylic acids is 2. The molecule has 0 aliphatic rings. The number of anilines is 1. The second kappa shape index (κ2) is 5.76. The number of pyridine rings is 1. The zero-order valence-corrected chi connectivity index (χ0v) is 10.8. The molecule has 1 aromatic carbocycles. The van der Waals surface area contributed by atoms with Crippen LogP contribution in [0.2, 0.25) is 0 Å². The van der Waals surface area contributed by atoms with Gasteiger partial charge in [-0.25, -0.2) is 4.98 Å². The lowest BCUT2D eigenvalue weighted by Gasteiger charge is -2.17. The van der Waals surface area contributed by atoms with Crippen LogP contribution < -0.4 is 4.90 Å². The van der Waals surface area contributed by atoms with Crippen LogP contribution in [0.15, 0.2) is 42.6 Å². The van der Waals surface area contributed by atoms with Crippen molar-refractivity contribution in [2.75, 3.05) is 11.9 Å². The number of aromatic nitrogens is 1. The fourth-order valence-electron chi connectivity index (χ4n) is 1.73. The van der Waals surface area contributed by atoms with Crippen molar-refractivity contribution in [1.29, 1.82) is 5.26 Å². The van der Waals surface area contributed by atoms with Gasteiger partial charge in [0.1, 0.15) is 11.9 Å². The Balaban J connectivity index is 2.32. The third-order valence-corrected chi connectivity index (χ3v) is 2.84. The SMILES string of the molecule is CN(C(=O)c1ccccc1C=O)c1ccc(C#N)cn1. The third kappa shape index (κ3) is 2.54. The molecule has 5 heteroatoms. The highest BCUT2D eigenvalue weighted by Gasteiger charge is 2.17. The number of hydrogen-bond acceptors (Lipinski definition) is 4. The zero-order chi connectivity index (χ0) is 14.5. The molecule has 0 saturated carbocycles. The topological polar surface area (TPSA) is 74.1 Å². The molecule has 2 rings (SSSR count). The maximum absolute atomic E-state index is 12.3. The maximum Gasteiger partial charge on any atom is 0.259 e. The van der Waals surface area contributed by atoms with Gasteiger partial charge in [-0.3, -0.25) is 14.5 Å². The molecule has 20 heavy (non-hydrogen) atoms. The molecule has 0 bridgehead atoms. The van der Waals surface area contributed by atoms with Crippen LogP contribution in [0, 0.1) is 11.3 Å². The fraction of sp³-hybridized carbons (Fsp3) is 0.0667. The predicted octanol–water partition coefficient (Wildman–Crippen LogP) is 2.04. The van der Waals surface area contributed by atoms with E-state index in [0.717, 1.165) is 0 Å². The van der Waals surface area contributed by atoms with E-state index >= 15 is 0 Å². The van der Waals surface area contributed by atoms with Gasteiger partial charge in [0.2, 0.25) is 0 Å². The van der Waals surface area contributed by atoms with Crippen LogP contribution in [0.1, 0.15) is 26.3 Å². The van der Waals surface area contributed by atoms with E-state index in [9.17, 15) is 9.59 Å². The molecule has 1 amide bonds. The Morgan fingerprint density at radius 2 is 2.05 bits per heavy atom. The Bertz CT molecular complexity index is 687. The van der Waals surface area contributed by atoms with Crippen molar-refractivity contribution < 1.29 is 9.59 Å². The lowest BCUT2D eigenvalue weighted by molar-refractivity contribution is 0.0985. The number of nitriles is 1. The van der Waals surface area contributed by atoms with Crippen LogP contribution in [-0.4, -0.2) is 24.2 Å². The summed E-state index contributed by atoms with van der Waals surface area (Å²) in [7, 11) is 1.57. The average Bonchev–Trinajstić information content (AvgIpc) is 2.53. The van der Waals surface area contributed by atoms with Gasteiger partial charge in [-0.15, -0.1) is 0 Å². The molecule has 0 atom stereocenters. The Morgan fingerprint density at radius 1 is 1.30 bits per heavy atom.